The number of nitrogens with zero attached hydrogens (tertiary/aromatic N) is 1. The van der Waals surface area contributed by atoms with Gasteiger partial charge in [0.2, 0.25) is 0 Å². The van der Waals surface area contributed by atoms with Gasteiger partial charge in [0.05, 0.1) is 6.61 Å². The number of nitrogens with one attached hydrogen (secondary N) is 2. The Balaban J connectivity index is 2.04. The second kappa shape index (κ2) is 8.69. The first kappa shape index (κ1) is 17.5. The molecule has 2 aromatic rings. The lowest BCUT2D eigenvalue weighted by Gasteiger charge is -2.17. The van der Waals surface area contributed by atoms with E-state index in [4.69, 9.17) is 4.74 Å². The molecule has 0 spiro atoms. The number of ether oxygens (including phenoxy) is 1. The molecule has 0 fully saturated rings. The van der Waals surface area contributed by atoms with Crippen molar-refractivity contribution < 1.29 is 14.3 Å². The Hall–Kier alpha value is -2.86. The van der Waals surface area contributed by atoms with Gasteiger partial charge in [-0.3, -0.25) is 4.79 Å². The molecular weight excluding hydrogens is 306 g/mol. The van der Waals surface area contributed by atoms with Gasteiger partial charge in [-0.05, 0) is 30.3 Å². The number of hydrogen-bond donors (Lipinski definition) is 2. The van der Waals surface area contributed by atoms with E-state index >= 15 is 0 Å². The van der Waals surface area contributed by atoms with Gasteiger partial charge in [-0.15, -0.1) is 0 Å². The molecule has 6 heteroatoms. The highest BCUT2D eigenvalue weighted by Gasteiger charge is 2.14. The molecule has 0 aromatic heterocycles. The maximum absolute atomic E-state index is 12.6. The monoisotopic (exact) mass is 327 g/mol. The lowest BCUT2D eigenvalue weighted by molar-refractivity contribution is 0.0993. The lowest BCUT2D eigenvalue weighted by atomic mass is 10.1. The summed E-state index contributed by atoms with van der Waals surface area (Å²) in [6.45, 7) is 0.853. The van der Waals surface area contributed by atoms with E-state index in [-0.39, 0.29) is 11.9 Å². The summed E-state index contributed by atoms with van der Waals surface area (Å²) < 4.78 is 4.87. The lowest BCUT2D eigenvalue weighted by Crippen LogP contribution is -2.31. The van der Waals surface area contributed by atoms with Gasteiger partial charge in [-0.2, -0.15) is 0 Å². The quantitative estimate of drug-likeness (QED) is 0.802. The first-order valence-corrected chi connectivity index (χ1v) is 7.59. The van der Waals surface area contributed by atoms with E-state index in [2.05, 4.69) is 10.6 Å². The van der Waals surface area contributed by atoms with E-state index < -0.39 is 0 Å². The third kappa shape index (κ3) is 4.82. The third-order valence-corrected chi connectivity index (χ3v) is 3.41. The molecule has 0 aliphatic carbocycles. The fraction of sp³-hybridized carbons (Fsp3) is 0.222. The minimum Gasteiger partial charge on any atom is -0.383 e. The zero-order valence-corrected chi connectivity index (χ0v) is 13.8. The Morgan fingerprint density at radius 1 is 1.08 bits per heavy atom. The molecule has 24 heavy (non-hydrogen) atoms. The van der Waals surface area contributed by atoms with Crippen molar-refractivity contribution in [2.75, 3.05) is 37.5 Å². The zero-order chi connectivity index (χ0) is 17.4. The maximum Gasteiger partial charge on any atom is 0.319 e. The molecule has 0 unspecified atom stereocenters. The van der Waals surface area contributed by atoms with Crippen molar-refractivity contribution in [3.8, 4) is 0 Å². The number of methoxy groups -OCH3 is 1. The highest BCUT2D eigenvalue weighted by Crippen LogP contribution is 2.17. The van der Waals surface area contributed by atoms with Crippen molar-refractivity contribution in [3.05, 3.63) is 60.2 Å². The summed E-state index contributed by atoms with van der Waals surface area (Å²) in [5, 5.41) is 5.36. The summed E-state index contributed by atoms with van der Waals surface area (Å²) in [5.41, 5.74) is 1.85. The first-order valence-electron chi connectivity index (χ1n) is 7.59. The van der Waals surface area contributed by atoms with Gasteiger partial charge in [-0.1, -0.05) is 24.3 Å². The smallest absolute Gasteiger partial charge is 0.319 e. The van der Waals surface area contributed by atoms with Gasteiger partial charge in [0.1, 0.15) is 0 Å². The largest absolute Gasteiger partial charge is 0.383 e. The molecule has 2 N–H and O–H groups in total. The number of urea groups is 1. The predicted octanol–water partition coefficient (Wildman–Crippen LogP) is 2.73. The molecule has 0 bridgehead atoms. The van der Waals surface area contributed by atoms with E-state index in [9.17, 15) is 9.59 Å². The molecule has 6 nitrogen and oxygen atoms in total. The average molecular weight is 327 g/mol. The van der Waals surface area contributed by atoms with Crippen molar-refractivity contribution in [3.63, 3.8) is 0 Å². The van der Waals surface area contributed by atoms with Crippen molar-refractivity contribution >= 4 is 23.3 Å². The molecule has 2 aromatic carbocycles. The normalized spacial score (nSPS) is 10.1. The minimum absolute atomic E-state index is 0.148. The van der Waals surface area contributed by atoms with Crippen molar-refractivity contribution in [1.82, 2.24) is 5.32 Å². The van der Waals surface area contributed by atoms with Crippen LogP contribution in [0, 0.1) is 0 Å². The Morgan fingerprint density at radius 3 is 2.54 bits per heavy atom. The van der Waals surface area contributed by atoms with Gasteiger partial charge in [0, 0.05) is 37.6 Å². The second-order valence-corrected chi connectivity index (χ2v) is 5.15. The van der Waals surface area contributed by atoms with Crippen LogP contribution in [0.15, 0.2) is 54.6 Å². The molecule has 0 aliphatic heterocycles. The molecule has 126 valence electrons. The van der Waals surface area contributed by atoms with Crippen LogP contribution in [0.1, 0.15) is 10.4 Å². The van der Waals surface area contributed by atoms with E-state index in [1.807, 2.05) is 30.3 Å². The van der Waals surface area contributed by atoms with Gasteiger partial charge in [-0.25, -0.2) is 4.79 Å². The van der Waals surface area contributed by atoms with E-state index in [0.717, 1.165) is 5.69 Å². The van der Waals surface area contributed by atoms with Crippen LogP contribution in [0.25, 0.3) is 0 Å². The van der Waals surface area contributed by atoms with Crippen LogP contribution in [0.5, 0.6) is 0 Å². The van der Waals surface area contributed by atoms with E-state index in [0.29, 0.717) is 24.4 Å². The summed E-state index contributed by atoms with van der Waals surface area (Å²) in [4.78, 5) is 25.9. The summed E-state index contributed by atoms with van der Waals surface area (Å²) >= 11 is 0. The standard InChI is InChI=1S/C18H21N3O3/c1-21(16-9-4-3-5-10-16)17(22)14-7-6-8-15(13-14)20-18(23)19-11-12-24-2/h3-10,13H,11-12H2,1-2H3,(H2,19,20,23). The molecular formula is C18H21N3O3. The van der Waals surface area contributed by atoms with Gasteiger partial charge < -0.3 is 20.3 Å². The third-order valence-electron chi connectivity index (χ3n) is 3.41. The highest BCUT2D eigenvalue weighted by molar-refractivity contribution is 6.06. The fourth-order valence-electron chi connectivity index (χ4n) is 2.13. The molecule has 2 rings (SSSR count). The summed E-state index contributed by atoms with van der Waals surface area (Å²) in [7, 11) is 3.28. The first-order chi connectivity index (χ1) is 11.6. The summed E-state index contributed by atoms with van der Waals surface area (Å²) in [6.07, 6.45) is 0. The number of carbonyl (C=O) groups is 2. The number of hydrogen-bond acceptors (Lipinski definition) is 3. The van der Waals surface area contributed by atoms with E-state index in [1.165, 1.54) is 0 Å². The summed E-state index contributed by atoms with van der Waals surface area (Å²) in [6, 6.07) is 15.9. The van der Waals surface area contributed by atoms with Crippen LogP contribution in [0.2, 0.25) is 0 Å². The number of amides is 3. The van der Waals surface area contributed by atoms with Gasteiger partial charge in [0.15, 0.2) is 0 Å². The van der Waals surface area contributed by atoms with E-state index in [1.54, 1.807) is 43.3 Å². The maximum atomic E-state index is 12.6. The molecule has 0 atom stereocenters. The average Bonchev–Trinajstić information content (AvgIpc) is 2.61. The zero-order valence-electron chi connectivity index (χ0n) is 13.8. The molecule has 0 heterocycles. The van der Waals surface area contributed by atoms with Crippen LogP contribution in [0.3, 0.4) is 0 Å². The molecule has 0 aliphatic rings. The SMILES string of the molecule is COCCNC(=O)Nc1cccc(C(=O)N(C)c2ccccc2)c1. The van der Waals surface area contributed by atoms with Crippen molar-refractivity contribution in [2.45, 2.75) is 0 Å². The van der Waals surface area contributed by atoms with Gasteiger partial charge >= 0.3 is 6.03 Å². The van der Waals surface area contributed by atoms with Crippen LogP contribution < -0.4 is 15.5 Å². The van der Waals surface area contributed by atoms with Crippen LogP contribution in [-0.4, -0.2) is 39.2 Å². The molecule has 3 amide bonds. The Bertz CT molecular complexity index is 689. The minimum atomic E-state index is -0.340. The molecule has 0 saturated carbocycles. The number of para-hydroxylation sites is 1. The number of rotatable bonds is 6. The van der Waals surface area contributed by atoms with Crippen LogP contribution in [-0.2, 0) is 4.74 Å². The number of carbonyl (C=O) groups excluding carboxylic acids is 2. The Morgan fingerprint density at radius 2 is 1.83 bits per heavy atom. The van der Waals surface area contributed by atoms with Crippen molar-refractivity contribution in [2.24, 2.45) is 0 Å². The fourth-order valence-corrected chi connectivity index (χ4v) is 2.13. The number of anilines is 2. The molecule has 0 radical (unpaired) electrons. The summed E-state index contributed by atoms with van der Waals surface area (Å²) in [5.74, 6) is -0.148. The number of benzene rings is 2. The van der Waals surface area contributed by atoms with Crippen molar-refractivity contribution in [1.29, 1.82) is 0 Å². The predicted molar refractivity (Wildman–Crippen MR) is 94.5 cm³/mol. The van der Waals surface area contributed by atoms with Gasteiger partial charge in [0.25, 0.3) is 5.91 Å². The van der Waals surface area contributed by atoms with Crippen LogP contribution in [0.4, 0.5) is 16.2 Å². The highest BCUT2D eigenvalue weighted by atomic mass is 16.5. The second-order valence-electron chi connectivity index (χ2n) is 5.15. The topological polar surface area (TPSA) is 70.7 Å². The Labute approximate surface area is 141 Å². The Kier molecular flexibility index (Phi) is 6.33. The van der Waals surface area contributed by atoms with Crippen LogP contribution >= 0.6 is 0 Å². The molecule has 0 saturated heterocycles.